The second-order valence-corrected chi connectivity index (χ2v) is 7.58. The SMILES string of the molecule is C=CCn1cc(-c2ccccc2)c(-c2ccc(S(C)(=O)=O)cc2)n1. The van der Waals surface area contributed by atoms with Gasteiger partial charge < -0.3 is 0 Å². The van der Waals surface area contributed by atoms with E-state index in [1.807, 2.05) is 41.2 Å². The van der Waals surface area contributed by atoms with Crippen LogP contribution in [0.2, 0.25) is 0 Å². The van der Waals surface area contributed by atoms with E-state index in [1.54, 1.807) is 30.3 Å². The number of aromatic nitrogens is 2. The van der Waals surface area contributed by atoms with E-state index in [2.05, 4.69) is 11.7 Å². The predicted molar refractivity (Wildman–Crippen MR) is 96.4 cm³/mol. The molecule has 0 aliphatic carbocycles. The van der Waals surface area contributed by atoms with Crippen LogP contribution < -0.4 is 0 Å². The molecule has 3 rings (SSSR count). The summed E-state index contributed by atoms with van der Waals surface area (Å²) in [4.78, 5) is 0.304. The molecule has 122 valence electrons. The van der Waals surface area contributed by atoms with E-state index >= 15 is 0 Å². The van der Waals surface area contributed by atoms with Crippen molar-refractivity contribution >= 4 is 9.84 Å². The Kier molecular flexibility index (Phi) is 4.36. The summed E-state index contributed by atoms with van der Waals surface area (Å²) in [6.07, 6.45) is 4.98. The third kappa shape index (κ3) is 3.31. The van der Waals surface area contributed by atoms with Crippen LogP contribution in [0.25, 0.3) is 22.4 Å². The quantitative estimate of drug-likeness (QED) is 0.665. The Morgan fingerprint density at radius 2 is 1.71 bits per heavy atom. The second-order valence-electron chi connectivity index (χ2n) is 5.56. The molecule has 0 N–H and O–H groups in total. The van der Waals surface area contributed by atoms with Gasteiger partial charge in [0, 0.05) is 23.6 Å². The summed E-state index contributed by atoms with van der Waals surface area (Å²) in [5, 5.41) is 4.63. The molecule has 0 radical (unpaired) electrons. The Bertz CT molecular complexity index is 956. The van der Waals surface area contributed by atoms with Crippen LogP contribution >= 0.6 is 0 Å². The first-order valence-corrected chi connectivity index (χ1v) is 9.42. The second kappa shape index (κ2) is 6.45. The number of rotatable bonds is 5. The van der Waals surface area contributed by atoms with Crippen molar-refractivity contribution in [3.05, 3.63) is 73.4 Å². The zero-order valence-electron chi connectivity index (χ0n) is 13.4. The van der Waals surface area contributed by atoms with Gasteiger partial charge in [0.15, 0.2) is 9.84 Å². The highest BCUT2D eigenvalue weighted by molar-refractivity contribution is 7.90. The Morgan fingerprint density at radius 3 is 2.29 bits per heavy atom. The Hall–Kier alpha value is -2.66. The van der Waals surface area contributed by atoms with Crippen molar-refractivity contribution in [2.75, 3.05) is 6.26 Å². The van der Waals surface area contributed by atoms with Crippen molar-refractivity contribution in [2.45, 2.75) is 11.4 Å². The fourth-order valence-corrected chi connectivity index (χ4v) is 3.18. The van der Waals surface area contributed by atoms with Crippen LogP contribution in [0.15, 0.2) is 78.3 Å². The van der Waals surface area contributed by atoms with Gasteiger partial charge in [0.25, 0.3) is 0 Å². The summed E-state index contributed by atoms with van der Waals surface area (Å²) >= 11 is 0. The predicted octanol–water partition coefficient (Wildman–Crippen LogP) is 3.81. The van der Waals surface area contributed by atoms with Crippen LogP contribution in [0, 0.1) is 0 Å². The Labute approximate surface area is 142 Å². The van der Waals surface area contributed by atoms with Crippen molar-refractivity contribution in [1.29, 1.82) is 0 Å². The zero-order valence-corrected chi connectivity index (χ0v) is 14.2. The lowest BCUT2D eigenvalue weighted by molar-refractivity contribution is 0.602. The highest BCUT2D eigenvalue weighted by atomic mass is 32.2. The van der Waals surface area contributed by atoms with E-state index in [9.17, 15) is 8.42 Å². The van der Waals surface area contributed by atoms with Crippen molar-refractivity contribution < 1.29 is 8.42 Å². The molecule has 5 heteroatoms. The summed E-state index contributed by atoms with van der Waals surface area (Å²) in [5.41, 5.74) is 3.77. The lowest BCUT2D eigenvalue weighted by Crippen LogP contribution is -1.97. The first-order chi connectivity index (χ1) is 11.5. The fraction of sp³-hybridized carbons (Fsp3) is 0.105. The minimum atomic E-state index is -3.21. The van der Waals surface area contributed by atoms with Crippen molar-refractivity contribution in [2.24, 2.45) is 0 Å². The van der Waals surface area contributed by atoms with Gasteiger partial charge in [-0.2, -0.15) is 5.10 Å². The maximum absolute atomic E-state index is 11.6. The lowest BCUT2D eigenvalue weighted by atomic mass is 10.0. The molecule has 0 aliphatic heterocycles. The maximum Gasteiger partial charge on any atom is 0.175 e. The van der Waals surface area contributed by atoms with Gasteiger partial charge in [-0.15, -0.1) is 6.58 Å². The lowest BCUT2D eigenvalue weighted by Gasteiger charge is -2.04. The van der Waals surface area contributed by atoms with Crippen molar-refractivity contribution in [1.82, 2.24) is 9.78 Å². The average Bonchev–Trinajstić information content (AvgIpc) is 2.99. The van der Waals surface area contributed by atoms with Crippen molar-refractivity contribution in [3.63, 3.8) is 0 Å². The van der Waals surface area contributed by atoms with Gasteiger partial charge in [0.05, 0.1) is 11.4 Å². The third-order valence-corrected chi connectivity index (χ3v) is 4.85. The number of sulfone groups is 1. The van der Waals surface area contributed by atoms with E-state index in [0.717, 1.165) is 22.4 Å². The standard InChI is InChI=1S/C19H18N2O2S/c1-3-13-21-14-18(15-7-5-4-6-8-15)19(20-21)16-9-11-17(12-10-16)24(2,22)23/h3-12,14H,1,13H2,2H3. The summed E-state index contributed by atoms with van der Waals surface area (Å²) in [5.74, 6) is 0. The van der Waals surface area contributed by atoms with Gasteiger partial charge in [0.1, 0.15) is 5.69 Å². The molecule has 2 aromatic carbocycles. The number of benzene rings is 2. The Morgan fingerprint density at radius 1 is 1.04 bits per heavy atom. The number of nitrogens with zero attached hydrogens (tertiary/aromatic N) is 2. The summed E-state index contributed by atoms with van der Waals surface area (Å²) in [7, 11) is -3.21. The molecule has 0 fully saturated rings. The largest absolute Gasteiger partial charge is 0.268 e. The molecule has 1 aromatic heterocycles. The smallest absolute Gasteiger partial charge is 0.175 e. The molecule has 0 spiro atoms. The van der Waals surface area contributed by atoms with Gasteiger partial charge in [-0.25, -0.2) is 8.42 Å². The van der Waals surface area contributed by atoms with E-state index in [-0.39, 0.29) is 0 Å². The molecule has 24 heavy (non-hydrogen) atoms. The molecule has 0 amide bonds. The van der Waals surface area contributed by atoms with Gasteiger partial charge >= 0.3 is 0 Å². The molecule has 0 atom stereocenters. The molecule has 0 bridgehead atoms. The molecule has 1 heterocycles. The molecule has 0 aliphatic rings. The highest BCUT2D eigenvalue weighted by Gasteiger charge is 2.14. The van der Waals surface area contributed by atoms with Crippen LogP contribution in [-0.4, -0.2) is 24.5 Å². The van der Waals surface area contributed by atoms with Crippen LogP contribution in [0.1, 0.15) is 0 Å². The maximum atomic E-state index is 11.6. The zero-order chi connectivity index (χ0) is 17.2. The third-order valence-electron chi connectivity index (χ3n) is 3.72. The minimum Gasteiger partial charge on any atom is -0.268 e. The molecule has 0 saturated carbocycles. The highest BCUT2D eigenvalue weighted by Crippen LogP contribution is 2.31. The normalized spacial score (nSPS) is 11.4. The Balaban J connectivity index is 2.11. The van der Waals surface area contributed by atoms with Crippen LogP contribution in [0.5, 0.6) is 0 Å². The number of hydrogen-bond donors (Lipinski definition) is 0. The topological polar surface area (TPSA) is 52.0 Å². The molecular weight excluding hydrogens is 320 g/mol. The average molecular weight is 338 g/mol. The number of hydrogen-bond acceptors (Lipinski definition) is 3. The molecular formula is C19H18N2O2S. The molecule has 0 saturated heterocycles. The molecule has 3 aromatic rings. The van der Waals surface area contributed by atoms with E-state index < -0.39 is 9.84 Å². The van der Waals surface area contributed by atoms with Crippen molar-refractivity contribution in [3.8, 4) is 22.4 Å². The van der Waals surface area contributed by atoms with Gasteiger partial charge in [-0.1, -0.05) is 48.5 Å². The summed E-state index contributed by atoms with van der Waals surface area (Å²) in [6, 6.07) is 16.8. The minimum absolute atomic E-state index is 0.304. The van der Waals surface area contributed by atoms with Gasteiger partial charge in [0.2, 0.25) is 0 Å². The monoisotopic (exact) mass is 338 g/mol. The summed E-state index contributed by atoms with van der Waals surface area (Å²) in [6.45, 7) is 4.36. The molecule has 0 unspecified atom stereocenters. The van der Waals surface area contributed by atoms with Gasteiger partial charge in [-0.3, -0.25) is 4.68 Å². The van der Waals surface area contributed by atoms with Crippen LogP contribution in [-0.2, 0) is 16.4 Å². The van der Waals surface area contributed by atoms with E-state index in [4.69, 9.17) is 0 Å². The summed E-state index contributed by atoms with van der Waals surface area (Å²) < 4.78 is 25.1. The first kappa shape index (κ1) is 16.2. The van der Waals surface area contributed by atoms with Crippen LogP contribution in [0.4, 0.5) is 0 Å². The van der Waals surface area contributed by atoms with Gasteiger partial charge in [-0.05, 0) is 17.7 Å². The van der Waals surface area contributed by atoms with Crippen LogP contribution in [0.3, 0.4) is 0 Å². The first-order valence-electron chi connectivity index (χ1n) is 7.53. The molecule has 4 nitrogen and oxygen atoms in total. The number of allylic oxidation sites excluding steroid dienone is 1. The van der Waals surface area contributed by atoms with E-state index in [0.29, 0.717) is 11.4 Å². The van der Waals surface area contributed by atoms with E-state index in [1.165, 1.54) is 6.26 Å². The fourth-order valence-electron chi connectivity index (χ4n) is 2.55.